The predicted octanol–water partition coefficient (Wildman–Crippen LogP) is 0.674. The third kappa shape index (κ3) is 3.65. The van der Waals surface area contributed by atoms with Crippen LogP contribution in [0, 0.1) is 0 Å². The monoisotopic (exact) mass is 342 g/mol. The number of hydrogen-bond donors (Lipinski definition) is 2. The van der Waals surface area contributed by atoms with Gasteiger partial charge in [0.2, 0.25) is 5.91 Å². The summed E-state index contributed by atoms with van der Waals surface area (Å²) in [6.45, 7) is 3.11. The first-order valence-electron chi connectivity index (χ1n) is 7.94. The molecule has 2 N–H and O–H groups in total. The summed E-state index contributed by atoms with van der Waals surface area (Å²) in [4.78, 5) is 36.4. The average molecular weight is 342 g/mol. The van der Waals surface area contributed by atoms with Crippen molar-refractivity contribution >= 4 is 23.5 Å². The lowest BCUT2D eigenvalue weighted by Gasteiger charge is -2.13. The predicted molar refractivity (Wildman–Crippen MR) is 88.8 cm³/mol. The third-order valence-electron chi connectivity index (χ3n) is 3.80. The zero-order chi connectivity index (χ0) is 17.8. The van der Waals surface area contributed by atoms with Crippen LogP contribution in [0.25, 0.3) is 0 Å². The van der Waals surface area contributed by atoms with Crippen LogP contribution in [-0.2, 0) is 17.9 Å². The number of carbonyl (C=O) groups excluding carboxylic acids is 3. The van der Waals surface area contributed by atoms with Gasteiger partial charge in [0.05, 0.1) is 6.54 Å². The van der Waals surface area contributed by atoms with Gasteiger partial charge >= 0.3 is 6.03 Å². The molecule has 1 saturated heterocycles. The highest BCUT2D eigenvalue weighted by molar-refractivity contribution is 6.12. The zero-order valence-corrected chi connectivity index (χ0v) is 13.7. The lowest BCUT2D eigenvalue weighted by Crippen LogP contribution is -2.28. The number of rotatable bonds is 6. The van der Waals surface area contributed by atoms with Gasteiger partial charge in [0, 0.05) is 17.8 Å². The van der Waals surface area contributed by atoms with Crippen LogP contribution in [0.15, 0.2) is 30.6 Å². The van der Waals surface area contributed by atoms with Crippen molar-refractivity contribution in [2.75, 3.05) is 11.4 Å². The van der Waals surface area contributed by atoms with Crippen molar-refractivity contribution in [1.82, 2.24) is 25.4 Å². The van der Waals surface area contributed by atoms with Crippen molar-refractivity contribution in [2.45, 2.75) is 26.4 Å². The summed E-state index contributed by atoms with van der Waals surface area (Å²) >= 11 is 0. The van der Waals surface area contributed by atoms with E-state index in [1.54, 1.807) is 30.6 Å². The summed E-state index contributed by atoms with van der Waals surface area (Å²) in [5, 5.41) is 12.9. The number of aromatic nitrogens is 3. The highest BCUT2D eigenvalue weighted by atomic mass is 16.2. The van der Waals surface area contributed by atoms with E-state index in [9.17, 15) is 14.4 Å². The summed E-state index contributed by atoms with van der Waals surface area (Å²) in [6, 6.07) is 6.02. The third-order valence-corrected chi connectivity index (χ3v) is 3.80. The van der Waals surface area contributed by atoms with E-state index < -0.39 is 6.03 Å². The van der Waals surface area contributed by atoms with Crippen LogP contribution in [0.5, 0.6) is 0 Å². The minimum atomic E-state index is -0.461. The molecule has 1 aromatic heterocycles. The first-order chi connectivity index (χ1) is 12.1. The molecule has 2 heterocycles. The van der Waals surface area contributed by atoms with Crippen LogP contribution < -0.4 is 15.5 Å². The Hall–Kier alpha value is -3.23. The fourth-order valence-electron chi connectivity index (χ4n) is 2.55. The van der Waals surface area contributed by atoms with Crippen molar-refractivity contribution in [1.29, 1.82) is 0 Å². The standard InChI is InChI=1S/C16H18N6O3/c1-2-7-21-10-18-20-13(21)8-17-15(24)11-3-5-12(6-4-11)22-9-14(23)19-16(22)25/h3-6,10H,2,7-9H2,1H3,(H,17,24)(H,19,23,25). The second-order valence-electron chi connectivity index (χ2n) is 5.61. The summed E-state index contributed by atoms with van der Waals surface area (Å²) in [7, 11) is 0. The van der Waals surface area contributed by atoms with E-state index >= 15 is 0 Å². The summed E-state index contributed by atoms with van der Waals surface area (Å²) in [5.74, 6) is 0.0987. The number of carbonyl (C=O) groups is 3. The molecule has 0 unspecified atom stereocenters. The molecular formula is C16H18N6O3. The summed E-state index contributed by atoms with van der Waals surface area (Å²) < 4.78 is 1.90. The second-order valence-corrected chi connectivity index (χ2v) is 5.61. The van der Waals surface area contributed by atoms with Crippen LogP contribution in [0.4, 0.5) is 10.5 Å². The maximum Gasteiger partial charge on any atom is 0.329 e. The molecule has 0 aliphatic carbocycles. The number of anilines is 1. The molecule has 0 bridgehead atoms. The molecule has 3 rings (SSSR count). The van der Waals surface area contributed by atoms with E-state index in [2.05, 4.69) is 27.8 Å². The highest BCUT2D eigenvalue weighted by Crippen LogP contribution is 2.17. The van der Waals surface area contributed by atoms with E-state index in [1.165, 1.54) is 4.90 Å². The van der Waals surface area contributed by atoms with Crippen molar-refractivity contribution in [3.63, 3.8) is 0 Å². The van der Waals surface area contributed by atoms with Crippen molar-refractivity contribution in [3.8, 4) is 0 Å². The average Bonchev–Trinajstić information content (AvgIpc) is 3.19. The van der Waals surface area contributed by atoms with E-state index in [4.69, 9.17) is 0 Å². The molecule has 4 amide bonds. The minimum Gasteiger partial charge on any atom is -0.345 e. The van der Waals surface area contributed by atoms with Gasteiger partial charge in [0.1, 0.15) is 12.9 Å². The van der Waals surface area contributed by atoms with E-state index in [0.29, 0.717) is 17.1 Å². The molecule has 1 fully saturated rings. The first kappa shape index (κ1) is 16.6. The first-order valence-corrected chi connectivity index (χ1v) is 7.94. The Labute approximate surface area is 144 Å². The Morgan fingerprint density at radius 2 is 2.04 bits per heavy atom. The van der Waals surface area contributed by atoms with Gasteiger partial charge in [-0.2, -0.15) is 0 Å². The number of amides is 4. The van der Waals surface area contributed by atoms with Crippen LogP contribution in [0.2, 0.25) is 0 Å². The molecule has 2 aromatic rings. The van der Waals surface area contributed by atoms with E-state index in [-0.39, 0.29) is 24.9 Å². The highest BCUT2D eigenvalue weighted by Gasteiger charge is 2.27. The maximum absolute atomic E-state index is 12.2. The fourth-order valence-corrected chi connectivity index (χ4v) is 2.55. The number of benzene rings is 1. The quantitative estimate of drug-likeness (QED) is 0.750. The Morgan fingerprint density at radius 3 is 2.68 bits per heavy atom. The Balaban J connectivity index is 1.62. The summed E-state index contributed by atoms with van der Waals surface area (Å²) in [5.41, 5.74) is 1.01. The normalized spacial score (nSPS) is 13.9. The molecule has 0 atom stereocenters. The van der Waals surface area contributed by atoms with Gasteiger partial charge in [-0.1, -0.05) is 6.92 Å². The number of nitrogens with zero attached hydrogens (tertiary/aromatic N) is 4. The largest absolute Gasteiger partial charge is 0.345 e. The lowest BCUT2D eigenvalue weighted by atomic mass is 10.2. The Kier molecular flexibility index (Phi) is 4.73. The van der Waals surface area contributed by atoms with Gasteiger partial charge in [-0.05, 0) is 30.7 Å². The van der Waals surface area contributed by atoms with Crippen molar-refractivity contribution in [3.05, 3.63) is 42.0 Å². The number of imide groups is 1. The van der Waals surface area contributed by atoms with Crippen LogP contribution in [0.3, 0.4) is 0 Å². The van der Waals surface area contributed by atoms with Crippen LogP contribution in [0.1, 0.15) is 29.5 Å². The number of hydrogen-bond acceptors (Lipinski definition) is 5. The molecule has 0 spiro atoms. The molecule has 9 heteroatoms. The van der Waals surface area contributed by atoms with Crippen molar-refractivity contribution in [2.24, 2.45) is 0 Å². The molecule has 130 valence electrons. The molecule has 1 aliphatic heterocycles. The minimum absolute atomic E-state index is 0.0164. The maximum atomic E-state index is 12.2. The Bertz CT molecular complexity index is 798. The molecule has 1 aromatic carbocycles. The molecule has 0 saturated carbocycles. The molecule has 0 radical (unpaired) electrons. The van der Waals surface area contributed by atoms with Gasteiger partial charge in [0.15, 0.2) is 5.82 Å². The lowest BCUT2D eigenvalue weighted by molar-refractivity contribution is -0.117. The fraction of sp³-hybridized carbons (Fsp3) is 0.312. The van der Waals surface area contributed by atoms with Gasteiger partial charge in [-0.3, -0.25) is 19.8 Å². The number of nitrogens with one attached hydrogen (secondary N) is 2. The van der Waals surface area contributed by atoms with Crippen LogP contribution >= 0.6 is 0 Å². The Morgan fingerprint density at radius 1 is 1.28 bits per heavy atom. The van der Waals surface area contributed by atoms with Crippen molar-refractivity contribution < 1.29 is 14.4 Å². The topological polar surface area (TPSA) is 109 Å². The van der Waals surface area contributed by atoms with Gasteiger partial charge in [-0.15, -0.1) is 10.2 Å². The SMILES string of the molecule is CCCn1cnnc1CNC(=O)c1ccc(N2CC(=O)NC2=O)cc1. The van der Waals surface area contributed by atoms with Gasteiger partial charge in [-0.25, -0.2) is 4.79 Å². The molecule has 25 heavy (non-hydrogen) atoms. The van der Waals surface area contributed by atoms with E-state index in [0.717, 1.165) is 13.0 Å². The van der Waals surface area contributed by atoms with E-state index in [1.807, 2.05) is 4.57 Å². The number of aryl methyl sites for hydroxylation is 1. The second kappa shape index (κ2) is 7.12. The molecule has 1 aliphatic rings. The van der Waals surface area contributed by atoms with Gasteiger partial charge in [0.25, 0.3) is 5.91 Å². The van der Waals surface area contributed by atoms with Crippen LogP contribution in [-0.4, -0.2) is 39.2 Å². The van der Waals surface area contributed by atoms with Gasteiger partial charge < -0.3 is 9.88 Å². The molecule has 9 nitrogen and oxygen atoms in total. The zero-order valence-electron chi connectivity index (χ0n) is 13.7. The number of urea groups is 1. The molecular weight excluding hydrogens is 324 g/mol. The smallest absolute Gasteiger partial charge is 0.329 e. The summed E-state index contributed by atoms with van der Waals surface area (Å²) in [6.07, 6.45) is 2.59.